The number of anilines is 1. The molecular formula is C15H20N2O4. The van der Waals surface area contributed by atoms with Gasteiger partial charge in [-0.25, -0.2) is 4.79 Å². The first-order valence-corrected chi connectivity index (χ1v) is 6.85. The molecule has 6 heteroatoms. The molecule has 1 amide bonds. The summed E-state index contributed by atoms with van der Waals surface area (Å²) in [6.07, 6.45) is 0.617. The predicted molar refractivity (Wildman–Crippen MR) is 77.9 cm³/mol. The Morgan fingerprint density at radius 2 is 2.19 bits per heavy atom. The van der Waals surface area contributed by atoms with E-state index in [-0.39, 0.29) is 11.8 Å². The maximum Gasteiger partial charge on any atom is 0.330 e. The van der Waals surface area contributed by atoms with E-state index in [1.165, 1.54) is 7.11 Å². The summed E-state index contributed by atoms with van der Waals surface area (Å²) in [5, 5.41) is 11.7. The van der Waals surface area contributed by atoms with Crippen LogP contribution in [0.3, 0.4) is 0 Å². The van der Waals surface area contributed by atoms with E-state index in [1.807, 2.05) is 36.2 Å². The van der Waals surface area contributed by atoms with Crippen molar-refractivity contribution in [2.45, 2.75) is 12.5 Å². The standard InChI is InChI=1S/C15H20N2O4/c1-17-8-11(7-10-5-3-4-6-13(10)17)14(19)16-12(9-18)15(20)21-2/h3-6,11-12,18H,7-9H2,1-2H3,(H,16,19)/t11-,12-/m0/s1. The summed E-state index contributed by atoms with van der Waals surface area (Å²) in [6, 6.07) is 6.92. The molecule has 0 bridgehead atoms. The zero-order chi connectivity index (χ0) is 15.4. The summed E-state index contributed by atoms with van der Waals surface area (Å²) in [6.45, 7) is 0.0970. The van der Waals surface area contributed by atoms with Crippen LogP contribution in [0, 0.1) is 5.92 Å². The van der Waals surface area contributed by atoms with Crippen molar-refractivity contribution in [2.75, 3.05) is 32.2 Å². The SMILES string of the molecule is COC(=O)[C@H](CO)NC(=O)[C@H]1Cc2ccccc2N(C)C1. The van der Waals surface area contributed by atoms with Crippen LogP contribution in [0.2, 0.25) is 0 Å². The average molecular weight is 292 g/mol. The highest BCUT2D eigenvalue weighted by atomic mass is 16.5. The van der Waals surface area contributed by atoms with Crippen molar-refractivity contribution in [3.8, 4) is 0 Å². The van der Waals surface area contributed by atoms with E-state index < -0.39 is 18.6 Å². The van der Waals surface area contributed by atoms with Crippen LogP contribution in [0.25, 0.3) is 0 Å². The maximum atomic E-state index is 12.3. The highest BCUT2D eigenvalue weighted by Crippen LogP contribution is 2.28. The van der Waals surface area contributed by atoms with Crippen molar-refractivity contribution in [1.29, 1.82) is 0 Å². The van der Waals surface area contributed by atoms with Gasteiger partial charge >= 0.3 is 5.97 Å². The van der Waals surface area contributed by atoms with E-state index in [1.54, 1.807) is 0 Å². The van der Waals surface area contributed by atoms with Gasteiger partial charge in [0, 0.05) is 19.3 Å². The first-order valence-electron chi connectivity index (χ1n) is 6.85. The van der Waals surface area contributed by atoms with Gasteiger partial charge in [0.2, 0.25) is 5.91 Å². The number of methoxy groups -OCH3 is 1. The number of esters is 1. The van der Waals surface area contributed by atoms with Gasteiger partial charge < -0.3 is 20.1 Å². The number of ether oxygens (including phenoxy) is 1. The fourth-order valence-electron chi connectivity index (χ4n) is 2.60. The Hall–Kier alpha value is -2.08. The molecule has 0 radical (unpaired) electrons. The highest BCUT2D eigenvalue weighted by molar-refractivity contribution is 5.87. The molecule has 114 valence electrons. The third-order valence-corrected chi connectivity index (χ3v) is 3.72. The molecule has 0 spiro atoms. The monoisotopic (exact) mass is 292 g/mol. The number of hydrogen-bond donors (Lipinski definition) is 2. The average Bonchev–Trinajstić information content (AvgIpc) is 2.51. The van der Waals surface area contributed by atoms with E-state index in [0.29, 0.717) is 13.0 Å². The van der Waals surface area contributed by atoms with Gasteiger partial charge in [0.25, 0.3) is 0 Å². The van der Waals surface area contributed by atoms with Crippen LogP contribution in [0.5, 0.6) is 0 Å². The van der Waals surface area contributed by atoms with Crippen LogP contribution >= 0.6 is 0 Å². The number of nitrogens with one attached hydrogen (secondary N) is 1. The number of carbonyl (C=O) groups excluding carboxylic acids is 2. The third kappa shape index (κ3) is 3.33. The minimum absolute atomic E-state index is 0.249. The van der Waals surface area contributed by atoms with E-state index in [2.05, 4.69) is 10.1 Å². The first kappa shape index (κ1) is 15.3. The van der Waals surface area contributed by atoms with Gasteiger partial charge in [0.15, 0.2) is 6.04 Å². The van der Waals surface area contributed by atoms with E-state index in [4.69, 9.17) is 5.11 Å². The van der Waals surface area contributed by atoms with Crippen molar-refractivity contribution in [3.63, 3.8) is 0 Å². The molecule has 0 fully saturated rings. The minimum atomic E-state index is -1.01. The molecule has 0 saturated heterocycles. The number of rotatable bonds is 4. The largest absolute Gasteiger partial charge is 0.467 e. The molecule has 1 aliphatic heterocycles. The number of hydrogen-bond acceptors (Lipinski definition) is 5. The number of aliphatic hydroxyl groups excluding tert-OH is 1. The zero-order valence-electron chi connectivity index (χ0n) is 12.2. The molecule has 0 unspecified atom stereocenters. The Labute approximate surface area is 123 Å². The van der Waals surface area contributed by atoms with Gasteiger partial charge in [-0.1, -0.05) is 18.2 Å². The Kier molecular flexibility index (Phi) is 4.80. The van der Waals surface area contributed by atoms with Crippen molar-refractivity contribution >= 4 is 17.6 Å². The number of fused-ring (bicyclic) bond motifs is 1. The maximum absolute atomic E-state index is 12.3. The van der Waals surface area contributed by atoms with E-state index in [9.17, 15) is 9.59 Å². The molecule has 0 saturated carbocycles. The molecule has 1 aromatic rings. The normalized spacial score (nSPS) is 18.6. The summed E-state index contributed by atoms with van der Waals surface area (Å²) in [5.74, 6) is -1.15. The van der Waals surface area contributed by atoms with Crippen LogP contribution in [0.4, 0.5) is 5.69 Å². The van der Waals surface area contributed by atoms with Gasteiger partial charge in [-0.3, -0.25) is 4.79 Å². The number of carbonyl (C=O) groups is 2. The van der Waals surface area contributed by atoms with Gasteiger partial charge in [-0.15, -0.1) is 0 Å². The lowest BCUT2D eigenvalue weighted by atomic mass is 9.92. The quantitative estimate of drug-likeness (QED) is 0.761. The molecule has 1 aliphatic rings. The van der Waals surface area contributed by atoms with Crippen LogP contribution in [-0.4, -0.2) is 50.3 Å². The van der Waals surface area contributed by atoms with Gasteiger partial charge in [0.05, 0.1) is 19.6 Å². The molecule has 2 rings (SSSR count). The number of para-hydroxylation sites is 1. The van der Waals surface area contributed by atoms with Crippen molar-refractivity contribution < 1.29 is 19.4 Å². The molecule has 21 heavy (non-hydrogen) atoms. The second-order valence-electron chi connectivity index (χ2n) is 5.18. The lowest BCUT2D eigenvalue weighted by Gasteiger charge is -2.33. The molecule has 0 aromatic heterocycles. The fraction of sp³-hybridized carbons (Fsp3) is 0.467. The molecule has 1 heterocycles. The topological polar surface area (TPSA) is 78.9 Å². The first-order chi connectivity index (χ1) is 10.1. The summed E-state index contributed by atoms with van der Waals surface area (Å²) < 4.78 is 4.54. The van der Waals surface area contributed by atoms with Gasteiger partial charge in [-0.2, -0.15) is 0 Å². The highest BCUT2D eigenvalue weighted by Gasteiger charge is 2.30. The Bertz CT molecular complexity index is 532. The number of aliphatic hydroxyl groups is 1. The van der Waals surface area contributed by atoms with Crippen LogP contribution in [0.15, 0.2) is 24.3 Å². The lowest BCUT2D eigenvalue weighted by molar-refractivity contribution is -0.146. The number of benzene rings is 1. The summed E-state index contributed by atoms with van der Waals surface area (Å²) in [7, 11) is 3.16. The smallest absolute Gasteiger partial charge is 0.330 e. The van der Waals surface area contributed by atoms with Crippen molar-refractivity contribution in [1.82, 2.24) is 5.32 Å². The van der Waals surface area contributed by atoms with Gasteiger partial charge in [-0.05, 0) is 18.1 Å². The van der Waals surface area contributed by atoms with Crippen LogP contribution in [0.1, 0.15) is 5.56 Å². The molecule has 2 N–H and O–H groups in total. The van der Waals surface area contributed by atoms with Crippen LogP contribution < -0.4 is 10.2 Å². The third-order valence-electron chi connectivity index (χ3n) is 3.72. The zero-order valence-corrected chi connectivity index (χ0v) is 12.2. The Balaban J connectivity index is 2.06. The Morgan fingerprint density at radius 1 is 1.48 bits per heavy atom. The van der Waals surface area contributed by atoms with Crippen LogP contribution in [-0.2, 0) is 20.7 Å². The van der Waals surface area contributed by atoms with E-state index in [0.717, 1.165) is 11.3 Å². The van der Waals surface area contributed by atoms with Gasteiger partial charge in [0.1, 0.15) is 0 Å². The molecule has 1 aromatic carbocycles. The number of amides is 1. The van der Waals surface area contributed by atoms with Crippen molar-refractivity contribution in [2.24, 2.45) is 5.92 Å². The minimum Gasteiger partial charge on any atom is -0.467 e. The van der Waals surface area contributed by atoms with E-state index >= 15 is 0 Å². The number of nitrogens with zero attached hydrogens (tertiary/aromatic N) is 1. The second-order valence-corrected chi connectivity index (χ2v) is 5.18. The molecule has 6 nitrogen and oxygen atoms in total. The fourth-order valence-corrected chi connectivity index (χ4v) is 2.60. The van der Waals surface area contributed by atoms with Crippen molar-refractivity contribution in [3.05, 3.63) is 29.8 Å². The predicted octanol–water partition coefficient (Wildman–Crippen LogP) is -0.0548. The molecular weight excluding hydrogens is 272 g/mol. The lowest BCUT2D eigenvalue weighted by Crippen LogP contribution is -2.49. The Morgan fingerprint density at radius 3 is 2.86 bits per heavy atom. The summed E-state index contributed by atoms with van der Waals surface area (Å²) in [5.41, 5.74) is 2.22. The summed E-state index contributed by atoms with van der Waals surface area (Å²) in [4.78, 5) is 25.7. The second kappa shape index (κ2) is 6.58. The molecule has 0 aliphatic carbocycles. The molecule has 2 atom stereocenters. The summed E-state index contributed by atoms with van der Waals surface area (Å²) >= 11 is 0.